The van der Waals surface area contributed by atoms with Gasteiger partial charge in [-0.3, -0.25) is 4.79 Å². The number of aliphatic carboxylic acids is 1. The Morgan fingerprint density at radius 1 is 1.62 bits per heavy atom. The third-order valence-corrected chi connectivity index (χ3v) is 1.77. The Kier molecular flexibility index (Phi) is 2.84. The van der Waals surface area contributed by atoms with E-state index < -0.39 is 11.9 Å². The number of methoxy groups -OCH3 is 1. The minimum atomic E-state index is -0.888. The number of hydrogen-bond donors (Lipinski definition) is 1. The second-order valence-electron chi connectivity index (χ2n) is 2.66. The van der Waals surface area contributed by atoms with Crippen LogP contribution in [0.15, 0.2) is 18.2 Å². The van der Waals surface area contributed by atoms with E-state index in [9.17, 15) is 4.79 Å². The van der Waals surface area contributed by atoms with Gasteiger partial charge >= 0.3 is 5.97 Å². The molecule has 0 spiro atoms. The van der Waals surface area contributed by atoms with Crippen molar-refractivity contribution in [3.8, 4) is 5.88 Å². The highest BCUT2D eigenvalue weighted by Crippen LogP contribution is 2.15. The van der Waals surface area contributed by atoms with E-state index in [-0.39, 0.29) is 0 Å². The summed E-state index contributed by atoms with van der Waals surface area (Å²) in [6, 6.07) is 5.07. The number of pyridine rings is 1. The summed E-state index contributed by atoms with van der Waals surface area (Å²) in [5.41, 5.74) is 0.506. The third kappa shape index (κ3) is 2.18. The highest BCUT2D eigenvalue weighted by molar-refractivity contribution is 5.74. The summed E-state index contributed by atoms with van der Waals surface area (Å²) in [5.74, 6) is -1.05. The van der Waals surface area contributed by atoms with Crippen LogP contribution in [0.1, 0.15) is 18.5 Å². The quantitative estimate of drug-likeness (QED) is 0.763. The maximum Gasteiger partial charge on any atom is 0.312 e. The van der Waals surface area contributed by atoms with Crippen LogP contribution in [-0.2, 0) is 4.79 Å². The SMILES string of the molecule is COc1cccc([C@H](C)C(=O)O)n1. The lowest BCUT2D eigenvalue weighted by Gasteiger charge is -2.06. The molecule has 0 aromatic carbocycles. The standard InChI is InChI=1S/C9H11NO3/c1-6(9(11)12)7-4-3-5-8(10-7)13-2/h3-6H,1-2H3,(H,11,12)/t6-/m0/s1. The molecule has 0 fully saturated rings. The number of nitrogens with zero attached hydrogens (tertiary/aromatic N) is 1. The first-order valence-corrected chi connectivity index (χ1v) is 3.89. The molecule has 0 amide bonds. The van der Waals surface area contributed by atoms with Crippen LogP contribution < -0.4 is 4.74 Å². The van der Waals surface area contributed by atoms with Crippen LogP contribution in [0.5, 0.6) is 5.88 Å². The van der Waals surface area contributed by atoms with Gasteiger partial charge < -0.3 is 9.84 Å². The molecule has 1 aromatic heterocycles. The fraction of sp³-hybridized carbons (Fsp3) is 0.333. The Hall–Kier alpha value is -1.58. The maximum atomic E-state index is 10.6. The molecular formula is C9H11NO3. The van der Waals surface area contributed by atoms with Crippen LogP contribution in [0.25, 0.3) is 0 Å². The van der Waals surface area contributed by atoms with E-state index >= 15 is 0 Å². The molecule has 4 nitrogen and oxygen atoms in total. The first-order chi connectivity index (χ1) is 6.15. The van der Waals surface area contributed by atoms with Crippen molar-refractivity contribution in [1.82, 2.24) is 4.98 Å². The van der Waals surface area contributed by atoms with Gasteiger partial charge in [0, 0.05) is 6.07 Å². The van der Waals surface area contributed by atoms with Gasteiger partial charge in [-0.15, -0.1) is 0 Å². The average molecular weight is 181 g/mol. The van der Waals surface area contributed by atoms with Gasteiger partial charge in [-0.25, -0.2) is 4.98 Å². The number of ether oxygens (including phenoxy) is 1. The molecule has 0 bridgehead atoms. The summed E-state index contributed by atoms with van der Waals surface area (Å²) < 4.78 is 4.88. The molecule has 0 unspecified atom stereocenters. The molecule has 70 valence electrons. The lowest BCUT2D eigenvalue weighted by atomic mass is 10.1. The predicted molar refractivity (Wildman–Crippen MR) is 46.8 cm³/mol. The van der Waals surface area contributed by atoms with Crippen molar-refractivity contribution in [2.24, 2.45) is 0 Å². The van der Waals surface area contributed by atoms with Crippen molar-refractivity contribution in [3.05, 3.63) is 23.9 Å². The lowest BCUT2D eigenvalue weighted by Crippen LogP contribution is -2.09. The van der Waals surface area contributed by atoms with Crippen molar-refractivity contribution in [3.63, 3.8) is 0 Å². The highest BCUT2D eigenvalue weighted by atomic mass is 16.5. The Morgan fingerprint density at radius 2 is 2.31 bits per heavy atom. The molecule has 1 atom stereocenters. The zero-order valence-corrected chi connectivity index (χ0v) is 7.52. The van der Waals surface area contributed by atoms with Gasteiger partial charge in [0.15, 0.2) is 0 Å². The van der Waals surface area contributed by atoms with Gasteiger partial charge in [-0.2, -0.15) is 0 Å². The van der Waals surface area contributed by atoms with Crippen LogP contribution in [0.2, 0.25) is 0 Å². The normalized spacial score (nSPS) is 12.2. The molecule has 13 heavy (non-hydrogen) atoms. The van der Waals surface area contributed by atoms with E-state index in [0.717, 1.165) is 0 Å². The number of rotatable bonds is 3. The summed E-state index contributed by atoms with van der Waals surface area (Å²) in [5, 5.41) is 8.72. The topological polar surface area (TPSA) is 59.4 Å². The molecule has 0 saturated heterocycles. The molecule has 0 radical (unpaired) electrons. The molecule has 0 aliphatic heterocycles. The van der Waals surface area contributed by atoms with E-state index in [1.807, 2.05) is 0 Å². The number of carboxylic acid groups (broad SMARTS) is 1. The second-order valence-corrected chi connectivity index (χ2v) is 2.66. The van der Waals surface area contributed by atoms with Crippen molar-refractivity contribution >= 4 is 5.97 Å². The van der Waals surface area contributed by atoms with Gasteiger partial charge in [-0.1, -0.05) is 6.07 Å². The van der Waals surface area contributed by atoms with E-state index in [0.29, 0.717) is 11.6 Å². The van der Waals surface area contributed by atoms with Crippen molar-refractivity contribution in [1.29, 1.82) is 0 Å². The summed E-state index contributed by atoms with van der Waals surface area (Å²) in [4.78, 5) is 14.6. The van der Waals surface area contributed by atoms with Gasteiger partial charge in [0.2, 0.25) is 5.88 Å². The summed E-state index contributed by atoms with van der Waals surface area (Å²) in [7, 11) is 1.50. The van der Waals surface area contributed by atoms with E-state index in [4.69, 9.17) is 9.84 Å². The minimum absolute atomic E-state index is 0.436. The van der Waals surface area contributed by atoms with Gasteiger partial charge in [0.25, 0.3) is 0 Å². The molecule has 1 N–H and O–H groups in total. The number of hydrogen-bond acceptors (Lipinski definition) is 3. The largest absolute Gasteiger partial charge is 0.481 e. The zero-order chi connectivity index (χ0) is 9.84. The number of aromatic nitrogens is 1. The van der Waals surface area contributed by atoms with E-state index in [2.05, 4.69) is 4.98 Å². The summed E-state index contributed by atoms with van der Waals surface area (Å²) in [6.07, 6.45) is 0. The fourth-order valence-electron chi connectivity index (χ4n) is 0.912. The molecule has 0 saturated carbocycles. The Bertz CT molecular complexity index is 311. The van der Waals surface area contributed by atoms with Gasteiger partial charge in [-0.05, 0) is 13.0 Å². The zero-order valence-electron chi connectivity index (χ0n) is 7.52. The average Bonchev–Trinajstić information content (AvgIpc) is 2.16. The number of carbonyl (C=O) groups is 1. The molecular weight excluding hydrogens is 170 g/mol. The van der Waals surface area contributed by atoms with Crippen LogP contribution in [0, 0.1) is 0 Å². The van der Waals surface area contributed by atoms with E-state index in [1.54, 1.807) is 25.1 Å². The van der Waals surface area contributed by atoms with Crippen LogP contribution in [-0.4, -0.2) is 23.2 Å². The van der Waals surface area contributed by atoms with Crippen LogP contribution >= 0.6 is 0 Å². The van der Waals surface area contributed by atoms with Crippen molar-refractivity contribution < 1.29 is 14.6 Å². The van der Waals surface area contributed by atoms with Crippen molar-refractivity contribution in [2.75, 3.05) is 7.11 Å². The monoisotopic (exact) mass is 181 g/mol. The lowest BCUT2D eigenvalue weighted by molar-refractivity contribution is -0.138. The van der Waals surface area contributed by atoms with E-state index in [1.165, 1.54) is 7.11 Å². The third-order valence-electron chi connectivity index (χ3n) is 1.77. The second kappa shape index (κ2) is 3.89. The summed E-state index contributed by atoms with van der Waals surface area (Å²) in [6.45, 7) is 1.59. The highest BCUT2D eigenvalue weighted by Gasteiger charge is 2.15. The first-order valence-electron chi connectivity index (χ1n) is 3.89. The Morgan fingerprint density at radius 3 is 2.85 bits per heavy atom. The Balaban J connectivity index is 2.94. The molecule has 0 aliphatic rings. The predicted octanol–water partition coefficient (Wildman–Crippen LogP) is 1.28. The molecule has 1 heterocycles. The van der Waals surface area contributed by atoms with Crippen molar-refractivity contribution in [2.45, 2.75) is 12.8 Å². The summed E-state index contributed by atoms with van der Waals surface area (Å²) >= 11 is 0. The van der Waals surface area contributed by atoms with Crippen LogP contribution in [0.3, 0.4) is 0 Å². The Labute approximate surface area is 76.2 Å². The molecule has 1 rings (SSSR count). The molecule has 1 aromatic rings. The molecule has 0 aliphatic carbocycles. The van der Waals surface area contributed by atoms with Gasteiger partial charge in [0.05, 0.1) is 18.7 Å². The first kappa shape index (κ1) is 9.51. The fourth-order valence-corrected chi connectivity index (χ4v) is 0.912. The molecule has 4 heteroatoms. The smallest absolute Gasteiger partial charge is 0.312 e. The van der Waals surface area contributed by atoms with Gasteiger partial charge in [0.1, 0.15) is 0 Å². The number of carboxylic acids is 1. The van der Waals surface area contributed by atoms with Crippen LogP contribution in [0.4, 0.5) is 0 Å². The minimum Gasteiger partial charge on any atom is -0.481 e. The maximum absolute atomic E-state index is 10.6.